The molecule has 0 heterocycles. The molecular formula is C13H8F4O3S. The Balaban J connectivity index is 2.75. The van der Waals surface area contributed by atoms with Gasteiger partial charge in [-0.2, -0.15) is 4.39 Å². The van der Waals surface area contributed by atoms with Crippen molar-refractivity contribution in [3.05, 3.63) is 53.6 Å². The Kier molecular flexibility index (Phi) is 3.91. The fourth-order valence-electron chi connectivity index (χ4n) is 1.62. The van der Waals surface area contributed by atoms with Crippen molar-refractivity contribution in [3.8, 4) is 11.5 Å². The summed E-state index contributed by atoms with van der Waals surface area (Å²) in [6.45, 7) is 0. The maximum Gasteiger partial charge on any atom is 0.205 e. The van der Waals surface area contributed by atoms with E-state index >= 15 is 0 Å². The summed E-state index contributed by atoms with van der Waals surface area (Å²) in [6.07, 6.45) is 0.528. The predicted octanol–water partition coefficient (Wildman–Crippen LogP) is 3.44. The van der Waals surface area contributed by atoms with Crippen LogP contribution in [0.1, 0.15) is 0 Å². The van der Waals surface area contributed by atoms with E-state index in [4.69, 9.17) is 4.74 Å². The van der Waals surface area contributed by atoms with Crippen LogP contribution in [-0.4, -0.2) is 14.7 Å². The van der Waals surface area contributed by atoms with E-state index in [0.29, 0.717) is 6.26 Å². The molecule has 0 fully saturated rings. The number of hydrogen-bond acceptors (Lipinski definition) is 3. The smallest absolute Gasteiger partial charge is 0.205 e. The topological polar surface area (TPSA) is 43.4 Å². The lowest BCUT2D eigenvalue weighted by molar-refractivity contribution is 0.352. The Labute approximate surface area is 117 Å². The molecule has 0 aromatic heterocycles. The number of para-hydroxylation sites is 1. The molecule has 0 aliphatic rings. The second kappa shape index (κ2) is 5.36. The van der Waals surface area contributed by atoms with Crippen molar-refractivity contribution in [2.45, 2.75) is 4.90 Å². The van der Waals surface area contributed by atoms with Crippen LogP contribution >= 0.6 is 0 Å². The Morgan fingerprint density at radius 3 is 1.90 bits per heavy atom. The molecule has 0 bridgehead atoms. The minimum Gasteiger partial charge on any atom is -0.453 e. The molecule has 21 heavy (non-hydrogen) atoms. The maximum atomic E-state index is 13.7. The number of hydrogen-bond donors (Lipinski definition) is 0. The Morgan fingerprint density at radius 1 is 0.857 bits per heavy atom. The van der Waals surface area contributed by atoms with Gasteiger partial charge in [0.2, 0.25) is 11.6 Å². The highest BCUT2D eigenvalue weighted by Gasteiger charge is 2.32. The first-order valence-electron chi connectivity index (χ1n) is 5.52. The zero-order chi connectivity index (χ0) is 15.8. The zero-order valence-corrected chi connectivity index (χ0v) is 11.3. The van der Waals surface area contributed by atoms with Crippen molar-refractivity contribution >= 4 is 9.84 Å². The first kappa shape index (κ1) is 15.3. The zero-order valence-electron chi connectivity index (χ0n) is 10.5. The van der Waals surface area contributed by atoms with Gasteiger partial charge in [-0.15, -0.1) is 0 Å². The number of rotatable bonds is 3. The van der Waals surface area contributed by atoms with Crippen LogP contribution in [0.2, 0.25) is 0 Å². The molecule has 2 aromatic rings. The van der Waals surface area contributed by atoms with Crippen molar-refractivity contribution in [1.29, 1.82) is 0 Å². The summed E-state index contributed by atoms with van der Waals surface area (Å²) in [5, 5.41) is 0. The standard InChI is InChI=1S/C13H8F4O3S/c1-21(18,19)13-11(17)9(15)8(14)10(16)12(13)20-7-5-3-2-4-6-7/h2-6H,1H3. The highest BCUT2D eigenvalue weighted by Crippen LogP contribution is 2.36. The molecule has 0 amide bonds. The number of benzene rings is 2. The highest BCUT2D eigenvalue weighted by atomic mass is 32.2. The molecule has 2 rings (SSSR count). The Hall–Kier alpha value is -2.09. The van der Waals surface area contributed by atoms with E-state index in [9.17, 15) is 26.0 Å². The van der Waals surface area contributed by atoms with Crippen molar-refractivity contribution in [2.75, 3.05) is 6.26 Å². The van der Waals surface area contributed by atoms with Gasteiger partial charge in [-0.1, -0.05) is 18.2 Å². The molecule has 0 aliphatic heterocycles. The monoisotopic (exact) mass is 320 g/mol. The molecular weight excluding hydrogens is 312 g/mol. The van der Waals surface area contributed by atoms with E-state index in [1.54, 1.807) is 6.07 Å². The summed E-state index contributed by atoms with van der Waals surface area (Å²) >= 11 is 0. The molecule has 0 atom stereocenters. The third-order valence-corrected chi connectivity index (χ3v) is 3.62. The molecule has 0 radical (unpaired) electrons. The van der Waals surface area contributed by atoms with E-state index in [0.717, 1.165) is 0 Å². The van der Waals surface area contributed by atoms with Crippen molar-refractivity contribution in [2.24, 2.45) is 0 Å². The van der Waals surface area contributed by atoms with Crippen LogP contribution in [0.5, 0.6) is 11.5 Å². The van der Waals surface area contributed by atoms with Crippen LogP contribution in [0.25, 0.3) is 0 Å². The highest BCUT2D eigenvalue weighted by molar-refractivity contribution is 7.90. The fraction of sp³-hybridized carbons (Fsp3) is 0.0769. The molecule has 112 valence electrons. The minimum atomic E-state index is -4.39. The van der Waals surface area contributed by atoms with E-state index in [-0.39, 0.29) is 5.75 Å². The van der Waals surface area contributed by atoms with Gasteiger partial charge >= 0.3 is 0 Å². The molecule has 8 heteroatoms. The lowest BCUT2D eigenvalue weighted by Gasteiger charge is -2.13. The van der Waals surface area contributed by atoms with Gasteiger partial charge in [-0.05, 0) is 12.1 Å². The summed E-state index contributed by atoms with van der Waals surface area (Å²) in [6, 6.07) is 7.16. The lowest BCUT2D eigenvalue weighted by Crippen LogP contribution is -2.10. The van der Waals surface area contributed by atoms with Gasteiger partial charge in [0.1, 0.15) is 5.75 Å². The molecule has 0 unspecified atom stereocenters. The SMILES string of the molecule is CS(=O)(=O)c1c(F)c(F)c(F)c(F)c1Oc1ccccc1. The first-order chi connectivity index (χ1) is 9.73. The largest absolute Gasteiger partial charge is 0.453 e. The van der Waals surface area contributed by atoms with Crippen LogP contribution < -0.4 is 4.74 Å². The average molecular weight is 320 g/mol. The van der Waals surface area contributed by atoms with Gasteiger partial charge in [0.15, 0.2) is 32.1 Å². The van der Waals surface area contributed by atoms with E-state index in [1.807, 2.05) is 0 Å². The van der Waals surface area contributed by atoms with Gasteiger partial charge in [0, 0.05) is 6.26 Å². The summed E-state index contributed by atoms with van der Waals surface area (Å²) in [7, 11) is -4.39. The van der Waals surface area contributed by atoms with Gasteiger partial charge in [0.25, 0.3) is 0 Å². The predicted molar refractivity (Wildman–Crippen MR) is 65.9 cm³/mol. The second-order valence-corrected chi connectivity index (χ2v) is 6.05. The van der Waals surface area contributed by atoms with Crippen molar-refractivity contribution in [1.82, 2.24) is 0 Å². The summed E-state index contributed by atoms with van der Waals surface area (Å²) in [5.41, 5.74) is 0. The van der Waals surface area contributed by atoms with Gasteiger partial charge in [-0.3, -0.25) is 0 Å². The van der Waals surface area contributed by atoms with Crippen molar-refractivity contribution < 1.29 is 30.7 Å². The third kappa shape index (κ3) is 2.85. The fourth-order valence-corrected chi connectivity index (χ4v) is 2.50. The van der Waals surface area contributed by atoms with E-state index in [2.05, 4.69) is 0 Å². The van der Waals surface area contributed by atoms with Crippen LogP contribution in [0.15, 0.2) is 35.2 Å². The van der Waals surface area contributed by atoms with Gasteiger partial charge in [0.05, 0.1) is 0 Å². The van der Waals surface area contributed by atoms with Crippen molar-refractivity contribution in [3.63, 3.8) is 0 Å². The number of halogens is 4. The molecule has 0 spiro atoms. The Bertz CT molecular complexity index is 789. The molecule has 0 saturated carbocycles. The van der Waals surface area contributed by atoms with Crippen LogP contribution in [0.3, 0.4) is 0 Å². The van der Waals surface area contributed by atoms with Gasteiger partial charge in [-0.25, -0.2) is 21.6 Å². The van der Waals surface area contributed by atoms with Crippen LogP contribution in [0, 0.1) is 23.3 Å². The van der Waals surface area contributed by atoms with E-state index in [1.165, 1.54) is 24.3 Å². The normalized spacial score (nSPS) is 11.5. The molecule has 0 N–H and O–H groups in total. The summed E-state index contributed by atoms with van der Waals surface area (Å²) in [4.78, 5) is -1.37. The molecule has 0 aliphatic carbocycles. The first-order valence-corrected chi connectivity index (χ1v) is 7.41. The summed E-state index contributed by atoms with van der Waals surface area (Å²) in [5.74, 6) is -9.59. The quantitative estimate of drug-likeness (QED) is 0.377. The average Bonchev–Trinajstić information content (AvgIpc) is 2.42. The van der Waals surface area contributed by atoms with Crippen LogP contribution in [0.4, 0.5) is 17.6 Å². The molecule has 0 saturated heterocycles. The van der Waals surface area contributed by atoms with Crippen LogP contribution in [-0.2, 0) is 9.84 Å². The number of ether oxygens (including phenoxy) is 1. The molecule has 3 nitrogen and oxygen atoms in total. The number of sulfone groups is 1. The lowest BCUT2D eigenvalue weighted by atomic mass is 10.3. The second-order valence-electron chi connectivity index (χ2n) is 4.10. The summed E-state index contributed by atoms with van der Waals surface area (Å²) < 4.78 is 81.8. The third-order valence-electron chi connectivity index (χ3n) is 2.52. The van der Waals surface area contributed by atoms with E-state index < -0.39 is 43.8 Å². The minimum absolute atomic E-state index is 0.0632. The van der Waals surface area contributed by atoms with Gasteiger partial charge < -0.3 is 4.74 Å². The molecule has 2 aromatic carbocycles. The Morgan fingerprint density at radius 2 is 1.38 bits per heavy atom. The maximum absolute atomic E-state index is 13.7.